The summed E-state index contributed by atoms with van der Waals surface area (Å²) >= 11 is 0. The van der Waals surface area contributed by atoms with Crippen LogP contribution in [0.2, 0.25) is 0 Å². The number of aryl methyl sites for hydroxylation is 1. The second kappa shape index (κ2) is 7.00. The van der Waals surface area contributed by atoms with Crippen LogP contribution in [0.5, 0.6) is 5.75 Å². The molecule has 0 spiro atoms. The molecule has 2 heterocycles. The summed E-state index contributed by atoms with van der Waals surface area (Å²) in [7, 11) is 3.00. The lowest BCUT2D eigenvalue weighted by Gasteiger charge is -2.16. The van der Waals surface area contributed by atoms with Crippen molar-refractivity contribution < 1.29 is 14.3 Å². The lowest BCUT2D eigenvalue weighted by molar-refractivity contribution is 0.0510. The van der Waals surface area contributed by atoms with E-state index in [0.717, 1.165) is 5.56 Å². The van der Waals surface area contributed by atoms with E-state index in [2.05, 4.69) is 4.98 Å². The minimum Gasteiger partial charge on any atom is -0.494 e. The van der Waals surface area contributed by atoms with E-state index in [9.17, 15) is 9.59 Å². The Morgan fingerprint density at radius 3 is 2.54 bits per heavy atom. The number of hydrogen-bond donors (Lipinski definition) is 0. The van der Waals surface area contributed by atoms with Gasteiger partial charge < -0.3 is 14.0 Å². The van der Waals surface area contributed by atoms with Crippen LogP contribution in [-0.2, 0) is 11.8 Å². The maximum Gasteiger partial charge on any atom is 0.358 e. The van der Waals surface area contributed by atoms with Gasteiger partial charge in [-0.25, -0.2) is 4.79 Å². The fourth-order valence-corrected chi connectivity index (χ4v) is 3.06. The third-order valence-electron chi connectivity index (χ3n) is 4.26. The van der Waals surface area contributed by atoms with E-state index in [1.54, 1.807) is 19.9 Å². The summed E-state index contributed by atoms with van der Waals surface area (Å²) in [5.74, 6) is -0.287. The second-order valence-corrected chi connectivity index (χ2v) is 5.85. The van der Waals surface area contributed by atoms with Crippen molar-refractivity contribution in [2.24, 2.45) is 7.05 Å². The highest BCUT2D eigenvalue weighted by atomic mass is 16.5. The fraction of sp³-hybridized carbons (Fsp3) is 0.250. The first-order valence-electron chi connectivity index (χ1n) is 8.30. The zero-order valence-electron chi connectivity index (χ0n) is 15.2. The average molecular weight is 352 g/mol. The van der Waals surface area contributed by atoms with Crippen LogP contribution in [0.4, 0.5) is 0 Å². The van der Waals surface area contributed by atoms with Gasteiger partial charge in [-0.3, -0.25) is 9.78 Å². The number of nitrogens with zero attached hydrogens (tertiary/aromatic N) is 2. The Hall–Kier alpha value is -3.15. The zero-order valence-corrected chi connectivity index (χ0v) is 15.2. The molecule has 0 aliphatic rings. The normalized spacial score (nSPS) is 10.8. The Balaban J connectivity index is 2.41. The van der Waals surface area contributed by atoms with E-state index < -0.39 is 5.97 Å². The Bertz CT molecular complexity index is 1040. The minimum absolute atomic E-state index is 0.0939. The predicted octanol–water partition coefficient (Wildman–Crippen LogP) is 3.09. The van der Waals surface area contributed by atoms with Gasteiger partial charge in [-0.15, -0.1) is 0 Å². The Morgan fingerprint density at radius 2 is 1.92 bits per heavy atom. The van der Waals surface area contributed by atoms with Gasteiger partial charge in [0.2, 0.25) is 0 Å². The largest absolute Gasteiger partial charge is 0.494 e. The zero-order chi connectivity index (χ0) is 18.8. The lowest BCUT2D eigenvalue weighted by Crippen LogP contribution is -2.26. The fourth-order valence-electron chi connectivity index (χ4n) is 3.06. The van der Waals surface area contributed by atoms with Gasteiger partial charge in [0, 0.05) is 18.0 Å². The number of pyridine rings is 2. The lowest BCUT2D eigenvalue weighted by atomic mass is 10.0. The third-order valence-corrected chi connectivity index (χ3v) is 4.26. The summed E-state index contributed by atoms with van der Waals surface area (Å²) in [6, 6.07) is 11.4. The molecule has 1 aromatic carbocycles. The summed E-state index contributed by atoms with van der Waals surface area (Å²) in [5, 5.41) is 0.974. The Labute approximate surface area is 151 Å². The first kappa shape index (κ1) is 17.7. The maximum absolute atomic E-state index is 12.9. The number of rotatable bonds is 4. The second-order valence-electron chi connectivity index (χ2n) is 5.85. The smallest absolute Gasteiger partial charge is 0.358 e. The van der Waals surface area contributed by atoms with Crippen LogP contribution in [0.3, 0.4) is 0 Å². The van der Waals surface area contributed by atoms with Crippen LogP contribution >= 0.6 is 0 Å². The van der Waals surface area contributed by atoms with Crippen molar-refractivity contribution in [3.8, 4) is 17.0 Å². The summed E-state index contributed by atoms with van der Waals surface area (Å²) < 4.78 is 11.9. The van der Waals surface area contributed by atoms with Gasteiger partial charge in [0.1, 0.15) is 0 Å². The van der Waals surface area contributed by atoms with Crippen LogP contribution in [-0.4, -0.2) is 29.2 Å². The molecule has 3 aromatic rings. The van der Waals surface area contributed by atoms with E-state index in [1.165, 1.54) is 18.7 Å². The molecule has 6 heteroatoms. The molecule has 2 aromatic heterocycles. The number of carbonyl (C=O) groups excluding carboxylic acids is 1. The monoisotopic (exact) mass is 352 g/mol. The van der Waals surface area contributed by atoms with Gasteiger partial charge in [0.25, 0.3) is 5.56 Å². The molecule has 0 fully saturated rings. The van der Waals surface area contributed by atoms with Gasteiger partial charge in [0.15, 0.2) is 11.4 Å². The minimum atomic E-state index is -0.596. The molecule has 0 aliphatic carbocycles. The van der Waals surface area contributed by atoms with E-state index in [0.29, 0.717) is 27.9 Å². The molecular formula is C20H20N2O4. The maximum atomic E-state index is 12.9. The SMILES string of the molecule is CCOC(=O)c1c(OC)c2cc(-c3ccccc3)nc(C)c2c(=O)n1C. The first-order valence-corrected chi connectivity index (χ1v) is 8.30. The quantitative estimate of drug-likeness (QED) is 0.675. The molecule has 0 saturated heterocycles. The standard InChI is InChI=1S/C20H20N2O4/c1-5-26-20(24)17-18(25-4)14-11-15(13-9-7-6-8-10-13)21-12(2)16(14)19(23)22(17)3/h6-11H,5H2,1-4H3. The first-order chi connectivity index (χ1) is 12.5. The van der Waals surface area contributed by atoms with Gasteiger partial charge in [0.05, 0.1) is 30.5 Å². The van der Waals surface area contributed by atoms with Crippen LogP contribution < -0.4 is 10.3 Å². The number of ether oxygens (including phenoxy) is 2. The molecule has 0 atom stereocenters. The topological polar surface area (TPSA) is 70.4 Å². The van der Waals surface area contributed by atoms with Gasteiger partial charge in [-0.05, 0) is 19.9 Å². The van der Waals surface area contributed by atoms with Gasteiger partial charge >= 0.3 is 5.97 Å². The molecule has 0 N–H and O–H groups in total. The van der Waals surface area contributed by atoms with Crippen LogP contribution in [0, 0.1) is 6.92 Å². The molecule has 0 saturated carbocycles. The Kier molecular flexibility index (Phi) is 4.75. The van der Waals surface area contributed by atoms with Crippen molar-refractivity contribution >= 4 is 16.7 Å². The highest BCUT2D eigenvalue weighted by Gasteiger charge is 2.24. The van der Waals surface area contributed by atoms with Crippen molar-refractivity contribution in [3.63, 3.8) is 0 Å². The van der Waals surface area contributed by atoms with Crippen LogP contribution in [0.1, 0.15) is 23.1 Å². The van der Waals surface area contributed by atoms with E-state index in [-0.39, 0.29) is 17.9 Å². The van der Waals surface area contributed by atoms with E-state index in [1.807, 2.05) is 30.3 Å². The highest BCUT2D eigenvalue weighted by molar-refractivity contribution is 6.01. The molecule has 0 bridgehead atoms. The van der Waals surface area contributed by atoms with Crippen molar-refractivity contribution in [1.29, 1.82) is 0 Å². The van der Waals surface area contributed by atoms with Crippen molar-refractivity contribution in [1.82, 2.24) is 9.55 Å². The molecule has 134 valence electrons. The average Bonchev–Trinajstić information content (AvgIpc) is 2.64. The highest BCUT2D eigenvalue weighted by Crippen LogP contribution is 2.32. The molecule has 26 heavy (non-hydrogen) atoms. The van der Waals surface area contributed by atoms with Crippen LogP contribution in [0.15, 0.2) is 41.2 Å². The Morgan fingerprint density at radius 1 is 1.23 bits per heavy atom. The van der Waals surface area contributed by atoms with E-state index >= 15 is 0 Å². The number of carbonyl (C=O) groups is 1. The number of methoxy groups -OCH3 is 1. The van der Waals surface area contributed by atoms with Crippen molar-refractivity contribution in [3.05, 3.63) is 58.1 Å². The third kappa shape index (κ3) is 2.83. The predicted molar refractivity (Wildman–Crippen MR) is 99.7 cm³/mol. The molecular weight excluding hydrogens is 332 g/mol. The summed E-state index contributed by atoms with van der Waals surface area (Å²) in [6.45, 7) is 3.70. The van der Waals surface area contributed by atoms with Crippen molar-refractivity contribution in [2.45, 2.75) is 13.8 Å². The molecule has 0 unspecified atom stereocenters. The molecule has 0 radical (unpaired) electrons. The molecule has 3 rings (SSSR count). The number of aromatic nitrogens is 2. The summed E-state index contributed by atoms with van der Waals surface area (Å²) in [5.41, 5.74) is 1.98. The van der Waals surface area contributed by atoms with Gasteiger partial charge in [-0.2, -0.15) is 0 Å². The number of fused-ring (bicyclic) bond motifs is 1. The van der Waals surface area contributed by atoms with Gasteiger partial charge in [-0.1, -0.05) is 30.3 Å². The van der Waals surface area contributed by atoms with Crippen molar-refractivity contribution in [2.75, 3.05) is 13.7 Å². The summed E-state index contributed by atoms with van der Waals surface area (Å²) in [4.78, 5) is 29.8. The number of hydrogen-bond acceptors (Lipinski definition) is 5. The van der Waals surface area contributed by atoms with Crippen LogP contribution in [0.25, 0.3) is 22.0 Å². The summed E-state index contributed by atoms with van der Waals surface area (Å²) in [6.07, 6.45) is 0. The molecule has 0 aliphatic heterocycles. The van der Waals surface area contributed by atoms with E-state index in [4.69, 9.17) is 9.47 Å². The molecule has 0 amide bonds. The number of esters is 1. The molecule has 6 nitrogen and oxygen atoms in total. The number of benzene rings is 1.